The first-order valence-corrected chi connectivity index (χ1v) is 6.84. The van der Waals surface area contributed by atoms with Gasteiger partial charge in [0.1, 0.15) is 0 Å². The Morgan fingerprint density at radius 2 is 1.94 bits per heavy atom. The van der Waals surface area contributed by atoms with Crippen molar-refractivity contribution in [2.24, 2.45) is 0 Å². The molecule has 2 unspecified atom stereocenters. The van der Waals surface area contributed by atoms with E-state index in [1.165, 1.54) is 43.5 Å². The predicted octanol–water partition coefficient (Wildman–Crippen LogP) is 2.74. The average Bonchev–Trinajstić information content (AvgIpc) is 2.65. The molecule has 2 aliphatic rings. The van der Waals surface area contributed by atoms with Crippen LogP contribution in [0.2, 0.25) is 0 Å². The standard InChI is InChI=1S/C15H22N2.ClH/c1-12-4-2-3-5-13(12)10-17-9-8-14-6-7-15(11-17)16-14;/h2-5,14-16H,6-11H2,1H3;1H. The molecule has 1 N–H and O–H groups in total. The minimum absolute atomic E-state index is 0. The molecule has 2 aliphatic heterocycles. The molecule has 0 amide bonds. The van der Waals surface area contributed by atoms with Gasteiger partial charge in [-0.2, -0.15) is 0 Å². The van der Waals surface area contributed by atoms with Gasteiger partial charge < -0.3 is 5.32 Å². The van der Waals surface area contributed by atoms with Crippen molar-refractivity contribution in [1.29, 1.82) is 0 Å². The van der Waals surface area contributed by atoms with Gasteiger partial charge in [0.05, 0.1) is 0 Å². The SMILES string of the molecule is Cc1ccccc1CN1CCC2CCC(C1)N2.Cl. The molecule has 2 bridgehead atoms. The minimum Gasteiger partial charge on any atom is -0.310 e. The Labute approximate surface area is 116 Å². The first-order valence-electron chi connectivity index (χ1n) is 6.84. The summed E-state index contributed by atoms with van der Waals surface area (Å²) in [6, 6.07) is 10.3. The van der Waals surface area contributed by atoms with Crippen LogP contribution in [0.5, 0.6) is 0 Å². The number of nitrogens with one attached hydrogen (secondary N) is 1. The van der Waals surface area contributed by atoms with Crippen LogP contribution in [0.25, 0.3) is 0 Å². The smallest absolute Gasteiger partial charge is 0.0237 e. The highest BCUT2D eigenvalue weighted by molar-refractivity contribution is 5.85. The van der Waals surface area contributed by atoms with Crippen LogP contribution in [-0.4, -0.2) is 30.1 Å². The number of hydrogen-bond donors (Lipinski definition) is 1. The van der Waals surface area contributed by atoms with E-state index < -0.39 is 0 Å². The summed E-state index contributed by atoms with van der Waals surface area (Å²) in [4.78, 5) is 2.62. The van der Waals surface area contributed by atoms with Crippen molar-refractivity contribution in [3.63, 3.8) is 0 Å². The Morgan fingerprint density at radius 3 is 2.78 bits per heavy atom. The maximum atomic E-state index is 3.74. The lowest BCUT2D eigenvalue weighted by Crippen LogP contribution is -2.35. The van der Waals surface area contributed by atoms with Gasteiger partial charge in [-0.05, 0) is 37.3 Å². The van der Waals surface area contributed by atoms with E-state index in [0.29, 0.717) is 0 Å². The van der Waals surface area contributed by atoms with E-state index in [2.05, 4.69) is 41.4 Å². The number of benzene rings is 1. The van der Waals surface area contributed by atoms with Crippen LogP contribution in [0, 0.1) is 6.92 Å². The van der Waals surface area contributed by atoms with Gasteiger partial charge in [-0.15, -0.1) is 12.4 Å². The molecular formula is C15H23ClN2. The minimum atomic E-state index is 0. The van der Waals surface area contributed by atoms with Gasteiger partial charge in [-0.1, -0.05) is 24.3 Å². The van der Waals surface area contributed by atoms with Gasteiger partial charge >= 0.3 is 0 Å². The van der Waals surface area contributed by atoms with Crippen LogP contribution in [0.1, 0.15) is 30.4 Å². The summed E-state index contributed by atoms with van der Waals surface area (Å²) in [5, 5.41) is 3.74. The van der Waals surface area contributed by atoms with Crippen molar-refractivity contribution in [3.05, 3.63) is 35.4 Å². The van der Waals surface area contributed by atoms with Crippen LogP contribution >= 0.6 is 12.4 Å². The third-order valence-electron chi connectivity index (χ3n) is 4.26. The highest BCUT2D eigenvalue weighted by Crippen LogP contribution is 2.22. The molecule has 2 saturated heterocycles. The van der Waals surface area contributed by atoms with Gasteiger partial charge in [0.25, 0.3) is 0 Å². The van der Waals surface area contributed by atoms with Gasteiger partial charge in [0, 0.05) is 31.7 Å². The average molecular weight is 267 g/mol. The molecule has 100 valence electrons. The highest BCUT2D eigenvalue weighted by Gasteiger charge is 2.29. The predicted molar refractivity (Wildman–Crippen MR) is 78.3 cm³/mol. The number of halogens is 1. The maximum Gasteiger partial charge on any atom is 0.0237 e. The molecule has 2 nitrogen and oxygen atoms in total. The zero-order chi connectivity index (χ0) is 11.7. The lowest BCUT2D eigenvalue weighted by atomic mass is 10.1. The topological polar surface area (TPSA) is 15.3 Å². The maximum absolute atomic E-state index is 3.74. The van der Waals surface area contributed by atoms with E-state index in [4.69, 9.17) is 0 Å². The van der Waals surface area contributed by atoms with Crippen LogP contribution < -0.4 is 5.32 Å². The summed E-state index contributed by atoms with van der Waals surface area (Å²) < 4.78 is 0. The summed E-state index contributed by atoms with van der Waals surface area (Å²) in [6.45, 7) is 5.82. The Kier molecular flexibility index (Phi) is 4.66. The molecular weight excluding hydrogens is 244 g/mol. The van der Waals surface area contributed by atoms with Gasteiger partial charge in [-0.3, -0.25) is 4.90 Å². The molecule has 2 fully saturated rings. The zero-order valence-electron chi connectivity index (χ0n) is 11.1. The van der Waals surface area contributed by atoms with Crippen molar-refractivity contribution in [2.75, 3.05) is 13.1 Å². The molecule has 3 heteroatoms. The molecule has 0 saturated carbocycles. The Morgan fingerprint density at radius 1 is 1.17 bits per heavy atom. The summed E-state index contributed by atoms with van der Waals surface area (Å²) in [5.74, 6) is 0. The second kappa shape index (κ2) is 6.05. The van der Waals surface area contributed by atoms with Crippen LogP contribution in [0.3, 0.4) is 0 Å². The Balaban J connectivity index is 0.00000120. The number of nitrogens with zero attached hydrogens (tertiary/aromatic N) is 1. The van der Waals surface area contributed by atoms with Gasteiger partial charge in [0.15, 0.2) is 0 Å². The molecule has 2 atom stereocenters. The molecule has 18 heavy (non-hydrogen) atoms. The molecule has 1 aromatic carbocycles. The van der Waals surface area contributed by atoms with E-state index in [-0.39, 0.29) is 12.4 Å². The van der Waals surface area contributed by atoms with Crippen LogP contribution in [0.4, 0.5) is 0 Å². The first kappa shape index (κ1) is 13.9. The van der Waals surface area contributed by atoms with E-state index in [1.807, 2.05) is 0 Å². The molecule has 0 aliphatic carbocycles. The third kappa shape index (κ3) is 3.05. The Hall–Kier alpha value is -0.570. The second-order valence-corrected chi connectivity index (χ2v) is 5.59. The fourth-order valence-electron chi connectivity index (χ4n) is 3.19. The highest BCUT2D eigenvalue weighted by atomic mass is 35.5. The molecule has 0 spiro atoms. The van der Waals surface area contributed by atoms with E-state index in [0.717, 1.165) is 18.6 Å². The largest absolute Gasteiger partial charge is 0.310 e. The molecule has 0 aromatic heterocycles. The van der Waals surface area contributed by atoms with Crippen molar-refractivity contribution < 1.29 is 0 Å². The summed E-state index contributed by atoms with van der Waals surface area (Å²) in [6.07, 6.45) is 4.08. The second-order valence-electron chi connectivity index (χ2n) is 5.59. The Bertz CT molecular complexity index is 394. The molecule has 0 radical (unpaired) electrons. The number of rotatable bonds is 2. The van der Waals surface area contributed by atoms with E-state index in [1.54, 1.807) is 0 Å². The van der Waals surface area contributed by atoms with E-state index >= 15 is 0 Å². The number of hydrogen-bond acceptors (Lipinski definition) is 2. The van der Waals surface area contributed by atoms with Crippen LogP contribution in [0.15, 0.2) is 24.3 Å². The molecule has 2 heterocycles. The van der Waals surface area contributed by atoms with Crippen molar-refractivity contribution in [2.45, 2.75) is 44.8 Å². The van der Waals surface area contributed by atoms with Crippen LogP contribution in [-0.2, 0) is 6.54 Å². The number of likely N-dealkylation sites (tertiary alicyclic amines) is 1. The zero-order valence-corrected chi connectivity index (χ0v) is 11.9. The van der Waals surface area contributed by atoms with Crippen molar-refractivity contribution in [1.82, 2.24) is 10.2 Å². The fourth-order valence-corrected chi connectivity index (χ4v) is 3.19. The van der Waals surface area contributed by atoms with Crippen molar-refractivity contribution >= 4 is 12.4 Å². The lowest BCUT2D eigenvalue weighted by Gasteiger charge is -2.24. The third-order valence-corrected chi connectivity index (χ3v) is 4.26. The number of aryl methyl sites for hydroxylation is 1. The summed E-state index contributed by atoms with van der Waals surface area (Å²) in [7, 11) is 0. The summed E-state index contributed by atoms with van der Waals surface area (Å²) in [5.41, 5.74) is 2.92. The molecule has 3 rings (SSSR count). The monoisotopic (exact) mass is 266 g/mol. The first-order chi connectivity index (χ1) is 8.31. The van der Waals surface area contributed by atoms with E-state index in [9.17, 15) is 0 Å². The molecule has 1 aromatic rings. The summed E-state index contributed by atoms with van der Waals surface area (Å²) >= 11 is 0. The number of fused-ring (bicyclic) bond motifs is 2. The fraction of sp³-hybridized carbons (Fsp3) is 0.600. The van der Waals surface area contributed by atoms with Gasteiger partial charge in [0.2, 0.25) is 0 Å². The normalized spacial score (nSPS) is 27.6. The van der Waals surface area contributed by atoms with Crippen molar-refractivity contribution in [3.8, 4) is 0 Å². The lowest BCUT2D eigenvalue weighted by molar-refractivity contribution is 0.250. The van der Waals surface area contributed by atoms with Gasteiger partial charge in [-0.25, -0.2) is 0 Å². The quantitative estimate of drug-likeness (QED) is 0.886.